The quantitative estimate of drug-likeness (QED) is 0.588. The number of rotatable bonds is 10. The molecule has 0 spiro atoms. The first kappa shape index (κ1) is 22.3. The molecular weight excluding hydrogens is 400 g/mol. The summed E-state index contributed by atoms with van der Waals surface area (Å²) in [5, 5.41) is 2.84. The molecule has 0 saturated carbocycles. The molecule has 30 heavy (non-hydrogen) atoms. The third-order valence-corrected chi connectivity index (χ3v) is 7.30. The highest BCUT2D eigenvalue weighted by atomic mass is 32.2. The number of sulfonamides is 1. The minimum atomic E-state index is -3.34. The second-order valence-electron chi connectivity index (χ2n) is 7.58. The lowest BCUT2D eigenvalue weighted by Crippen LogP contribution is -2.38. The fraction of sp³-hybridized carbons (Fsp3) is 0.435. The van der Waals surface area contributed by atoms with Crippen molar-refractivity contribution in [1.29, 1.82) is 0 Å². The van der Waals surface area contributed by atoms with Crippen LogP contribution in [0.3, 0.4) is 0 Å². The number of methoxy groups -OCH3 is 1. The topological polar surface area (TPSA) is 75.7 Å². The van der Waals surface area contributed by atoms with Crippen molar-refractivity contribution in [3.05, 3.63) is 65.2 Å². The van der Waals surface area contributed by atoms with Crippen molar-refractivity contribution in [3.8, 4) is 5.75 Å². The summed E-state index contributed by atoms with van der Waals surface area (Å²) in [4.78, 5) is 12.0. The Bertz CT molecular complexity index is 945. The fourth-order valence-electron chi connectivity index (χ4n) is 3.67. The molecule has 0 saturated heterocycles. The molecule has 0 fully saturated rings. The first-order chi connectivity index (χ1) is 14.5. The molecule has 1 heterocycles. The second kappa shape index (κ2) is 10.6. The molecule has 1 N–H and O–H groups in total. The summed E-state index contributed by atoms with van der Waals surface area (Å²) in [5.41, 5.74) is 3.39. The van der Waals surface area contributed by atoms with Gasteiger partial charge in [-0.05, 0) is 54.5 Å². The van der Waals surface area contributed by atoms with Gasteiger partial charge in [-0.1, -0.05) is 36.4 Å². The van der Waals surface area contributed by atoms with Crippen molar-refractivity contribution in [2.45, 2.75) is 38.6 Å². The average Bonchev–Trinajstić information content (AvgIpc) is 2.76. The van der Waals surface area contributed by atoms with Gasteiger partial charge in [0, 0.05) is 26.1 Å². The van der Waals surface area contributed by atoms with Crippen LogP contribution in [0.25, 0.3) is 0 Å². The minimum absolute atomic E-state index is 0.0239. The predicted octanol–water partition coefficient (Wildman–Crippen LogP) is 2.91. The number of ether oxygens (including phenoxy) is 1. The Kier molecular flexibility index (Phi) is 7.87. The van der Waals surface area contributed by atoms with Gasteiger partial charge >= 0.3 is 0 Å². The van der Waals surface area contributed by atoms with Crippen molar-refractivity contribution in [2.24, 2.45) is 0 Å². The van der Waals surface area contributed by atoms with E-state index in [1.165, 1.54) is 5.56 Å². The molecule has 0 atom stereocenters. The van der Waals surface area contributed by atoms with E-state index in [0.717, 1.165) is 29.7 Å². The standard InChI is InChI=1S/C23H30N2O4S/c1-29-22-12-11-21-18-25(15-13-20(21)17-22)30(27,28)16-6-14-24-23(26)10-5-9-19-7-3-2-4-8-19/h2-4,7-8,11-12,17H,5-6,9-10,13-16,18H2,1H3,(H,24,26). The summed E-state index contributed by atoms with van der Waals surface area (Å²) < 4.78 is 32.1. The van der Waals surface area contributed by atoms with Gasteiger partial charge in [-0.3, -0.25) is 4.79 Å². The largest absolute Gasteiger partial charge is 0.497 e. The van der Waals surface area contributed by atoms with Gasteiger partial charge in [0.05, 0.1) is 12.9 Å². The van der Waals surface area contributed by atoms with E-state index in [1.807, 2.05) is 36.4 Å². The first-order valence-electron chi connectivity index (χ1n) is 10.4. The maximum absolute atomic E-state index is 12.7. The van der Waals surface area contributed by atoms with Gasteiger partial charge in [-0.2, -0.15) is 4.31 Å². The molecule has 0 aliphatic carbocycles. The number of benzene rings is 2. The van der Waals surface area contributed by atoms with E-state index >= 15 is 0 Å². The Morgan fingerprint density at radius 2 is 1.90 bits per heavy atom. The van der Waals surface area contributed by atoms with Gasteiger partial charge in [0.25, 0.3) is 0 Å². The Hall–Kier alpha value is -2.38. The minimum Gasteiger partial charge on any atom is -0.497 e. The molecule has 3 rings (SSSR count). The lowest BCUT2D eigenvalue weighted by Gasteiger charge is -2.28. The second-order valence-corrected chi connectivity index (χ2v) is 9.67. The van der Waals surface area contributed by atoms with E-state index in [4.69, 9.17) is 4.74 Å². The number of aryl methyl sites for hydroxylation is 1. The Morgan fingerprint density at radius 1 is 1.10 bits per heavy atom. The summed E-state index contributed by atoms with van der Waals surface area (Å²) in [7, 11) is -1.71. The highest BCUT2D eigenvalue weighted by Crippen LogP contribution is 2.25. The number of fused-ring (bicyclic) bond motifs is 1. The van der Waals surface area contributed by atoms with Crippen LogP contribution < -0.4 is 10.1 Å². The van der Waals surface area contributed by atoms with Crippen molar-refractivity contribution < 1.29 is 17.9 Å². The number of carbonyl (C=O) groups is 1. The predicted molar refractivity (Wildman–Crippen MR) is 118 cm³/mol. The number of nitrogens with one attached hydrogen (secondary N) is 1. The molecule has 0 unspecified atom stereocenters. The zero-order valence-electron chi connectivity index (χ0n) is 17.5. The first-order valence-corrected chi connectivity index (χ1v) is 12.0. The smallest absolute Gasteiger partial charge is 0.220 e. The van der Waals surface area contributed by atoms with Crippen molar-refractivity contribution >= 4 is 15.9 Å². The van der Waals surface area contributed by atoms with E-state index in [-0.39, 0.29) is 11.7 Å². The van der Waals surface area contributed by atoms with Gasteiger partial charge in [-0.25, -0.2) is 8.42 Å². The third-order valence-electron chi connectivity index (χ3n) is 5.40. The number of carbonyl (C=O) groups excluding carboxylic acids is 1. The van der Waals surface area contributed by atoms with Crippen LogP contribution in [0.5, 0.6) is 5.75 Å². The van der Waals surface area contributed by atoms with Crippen LogP contribution in [-0.4, -0.2) is 44.6 Å². The lowest BCUT2D eigenvalue weighted by atomic mass is 10.0. The Morgan fingerprint density at radius 3 is 2.67 bits per heavy atom. The summed E-state index contributed by atoms with van der Waals surface area (Å²) in [6, 6.07) is 15.8. The van der Waals surface area contributed by atoms with Gasteiger partial charge in [0.1, 0.15) is 5.75 Å². The summed E-state index contributed by atoms with van der Waals surface area (Å²) in [6.45, 7) is 1.26. The zero-order valence-corrected chi connectivity index (χ0v) is 18.3. The van der Waals surface area contributed by atoms with E-state index in [1.54, 1.807) is 11.4 Å². The van der Waals surface area contributed by atoms with Crippen molar-refractivity contribution in [1.82, 2.24) is 9.62 Å². The van der Waals surface area contributed by atoms with Crippen LogP contribution in [0.2, 0.25) is 0 Å². The van der Waals surface area contributed by atoms with Crippen molar-refractivity contribution in [2.75, 3.05) is 26.0 Å². The van der Waals surface area contributed by atoms with Gasteiger partial charge in [-0.15, -0.1) is 0 Å². The molecule has 0 aromatic heterocycles. The SMILES string of the molecule is COc1ccc2c(c1)CCN(S(=O)(=O)CCCNC(=O)CCCc1ccccc1)C2. The highest BCUT2D eigenvalue weighted by molar-refractivity contribution is 7.89. The van der Waals surface area contributed by atoms with Crippen molar-refractivity contribution in [3.63, 3.8) is 0 Å². The molecule has 7 heteroatoms. The summed E-state index contributed by atoms with van der Waals surface area (Å²) in [6.07, 6.45) is 3.20. The molecule has 162 valence electrons. The molecule has 0 bridgehead atoms. The normalized spacial score (nSPS) is 14.2. The molecule has 2 aromatic rings. The highest BCUT2D eigenvalue weighted by Gasteiger charge is 2.26. The molecule has 1 amide bonds. The number of hydrogen-bond donors (Lipinski definition) is 1. The lowest BCUT2D eigenvalue weighted by molar-refractivity contribution is -0.121. The Balaban J connectivity index is 1.37. The van der Waals surface area contributed by atoms with Gasteiger partial charge < -0.3 is 10.1 Å². The van der Waals surface area contributed by atoms with E-state index < -0.39 is 10.0 Å². The van der Waals surface area contributed by atoms with Crippen LogP contribution in [0, 0.1) is 0 Å². The summed E-state index contributed by atoms with van der Waals surface area (Å²) in [5.74, 6) is 0.816. The van der Waals surface area contributed by atoms with Crippen LogP contribution in [0.4, 0.5) is 0 Å². The van der Waals surface area contributed by atoms with Crippen LogP contribution in [0.1, 0.15) is 36.0 Å². The van der Waals surface area contributed by atoms with E-state index in [0.29, 0.717) is 38.9 Å². The van der Waals surface area contributed by atoms with E-state index in [9.17, 15) is 13.2 Å². The van der Waals surface area contributed by atoms with Crippen LogP contribution in [-0.2, 0) is 34.2 Å². The van der Waals surface area contributed by atoms with Crippen LogP contribution in [0.15, 0.2) is 48.5 Å². The average molecular weight is 431 g/mol. The maximum atomic E-state index is 12.7. The number of hydrogen-bond acceptors (Lipinski definition) is 4. The number of nitrogens with zero attached hydrogens (tertiary/aromatic N) is 1. The van der Waals surface area contributed by atoms with Gasteiger partial charge in [0.15, 0.2) is 0 Å². The molecule has 0 radical (unpaired) electrons. The third kappa shape index (κ3) is 6.31. The van der Waals surface area contributed by atoms with Crippen LogP contribution >= 0.6 is 0 Å². The maximum Gasteiger partial charge on any atom is 0.220 e. The summed E-state index contributed by atoms with van der Waals surface area (Å²) >= 11 is 0. The van der Waals surface area contributed by atoms with E-state index in [2.05, 4.69) is 17.4 Å². The zero-order chi connectivity index (χ0) is 21.4. The number of amides is 1. The molecule has 1 aliphatic rings. The van der Waals surface area contributed by atoms with Gasteiger partial charge in [0.2, 0.25) is 15.9 Å². The molecule has 2 aromatic carbocycles. The molecular formula is C23H30N2O4S. The Labute approximate surface area is 179 Å². The fourth-order valence-corrected chi connectivity index (χ4v) is 5.14. The molecule has 1 aliphatic heterocycles. The molecule has 6 nitrogen and oxygen atoms in total. The monoisotopic (exact) mass is 430 g/mol.